The van der Waals surface area contributed by atoms with E-state index in [0.29, 0.717) is 24.6 Å². The molecule has 0 aromatic heterocycles. The Morgan fingerprint density at radius 1 is 1.00 bits per heavy atom. The van der Waals surface area contributed by atoms with Gasteiger partial charge in [0, 0.05) is 13.1 Å². The fraction of sp³-hybridized carbons (Fsp3) is 0.286. The van der Waals surface area contributed by atoms with Crippen LogP contribution in [0, 0.1) is 0 Å². The van der Waals surface area contributed by atoms with Crippen LogP contribution in [0.1, 0.15) is 36.8 Å². The van der Waals surface area contributed by atoms with Crippen LogP contribution in [0.3, 0.4) is 0 Å². The molecule has 0 radical (unpaired) electrons. The number of piperidine rings is 1. The molecule has 3 rings (SSSR count). The molecule has 5 nitrogen and oxygen atoms in total. The number of hydrogen-bond acceptors (Lipinski definition) is 3. The largest absolute Gasteiger partial charge is 0.331 e. The topological polar surface area (TPSA) is 66.5 Å². The van der Waals surface area contributed by atoms with E-state index in [1.54, 1.807) is 11.8 Å². The second-order valence-corrected chi connectivity index (χ2v) is 8.32. The van der Waals surface area contributed by atoms with Crippen molar-refractivity contribution in [2.45, 2.75) is 25.7 Å². The van der Waals surface area contributed by atoms with Crippen LogP contribution < -0.4 is 4.72 Å². The lowest BCUT2D eigenvalue weighted by Crippen LogP contribution is -2.45. The van der Waals surface area contributed by atoms with Crippen LogP contribution in [0.4, 0.5) is 4.79 Å². The van der Waals surface area contributed by atoms with Gasteiger partial charge in [-0.3, -0.25) is 0 Å². The SMILES string of the molecule is CC(=CS(=O)(=O)NC(=O)N1CCC(c2ccccc2)CC1)c1ccccc1. The molecule has 0 bridgehead atoms. The van der Waals surface area contributed by atoms with Gasteiger partial charge in [-0.2, -0.15) is 0 Å². The molecule has 0 atom stereocenters. The highest BCUT2D eigenvalue weighted by molar-refractivity contribution is 7.93. The van der Waals surface area contributed by atoms with Gasteiger partial charge in [-0.15, -0.1) is 0 Å². The van der Waals surface area contributed by atoms with Crippen molar-refractivity contribution in [3.63, 3.8) is 0 Å². The Bertz CT molecular complexity index is 901. The minimum absolute atomic E-state index is 0.409. The summed E-state index contributed by atoms with van der Waals surface area (Å²) in [4.78, 5) is 14.0. The number of urea groups is 1. The summed E-state index contributed by atoms with van der Waals surface area (Å²) in [6.07, 6.45) is 1.66. The van der Waals surface area contributed by atoms with Gasteiger partial charge >= 0.3 is 6.03 Å². The van der Waals surface area contributed by atoms with Crippen molar-refractivity contribution in [3.8, 4) is 0 Å². The number of nitrogens with zero attached hydrogens (tertiary/aromatic N) is 1. The summed E-state index contributed by atoms with van der Waals surface area (Å²) in [5.41, 5.74) is 2.66. The normalized spacial score (nSPS) is 16.2. The molecule has 2 aromatic rings. The van der Waals surface area contributed by atoms with E-state index in [1.165, 1.54) is 5.56 Å². The van der Waals surface area contributed by atoms with Gasteiger partial charge < -0.3 is 4.90 Å². The maximum absolute atomic E-state index is 12.4. The zero-order chi connectivity index (χ0) is 19.3. The zero-order valence-corrected chi connectivity index (χ0v) is 16.2. The molecular formula is C21H24N2O3S. The molecule has 0 aliphatic carbocycles. The molecule has 6 heteroatoms. The first kappa shape index (κ1) is 19.2. The van der Waals surface area contributed by atoms with Crippen LogP contribution in [0.25, 0.3) is 5.57 Å². The molecule has 2 amide bonds. The second-order valence-electron chi connectivity index (χ2n) is 6.79. The van der Waals surface area contributed by atoms with Gasteiger partial charge in [0.05, 0.1) is 5.41 Å². The number of benzene rings is 2. The highest BCUT2D eigenvalue weighted by Crippen LogP contribution is 2.27. The number of allylic oxidation sites excluding steroid dienone is 1. The summed E-state index contributed by atoms with van der Waals surface area (Å²) in [5, 5.41) is 1.11. The molecule has 27 heavy (non-hydrogen) atoms. The van der Waals surface area contributed by atoms with Gasteiger partial charge in [-0.1, -0.05) is 60.7 Å². The average Bonchev–Trinajstić information content (AvgIpc) is 2.68. The molecule has 1 heterocycles. The number of sulfonamides is 1. The van der Waals surface area contributed by atoms with E-state index in [0.717, 1.165) is 23.8 Å². The predicted octanol–water partition coefficient (Wildman–Crippen LogP) is 3.97. The highest BCUT2D eigenvalue weighted by Gasteiger charge is 2.25. The smallest absolute Gasteiger partial charge is 0.324 e. The molecule has 0 spiro atoms. The third kappa shape index (κ3) is 5.20. The summed E-state index contributed by atoms with van der Waals surface area (Å²) < 4.78 is 26.8. The average molecular weight is 385 g/mol. The lowest BCUT2D eigenvalue weighted by molar-refractivity contribution is 0.187. The van der Waals surface area contributed by atoms with Crippen molar-refractivity contribution in [1.29, 1.82) is 0 Å². The Morgan fingerprint density at radius 2 is 1.56 bits per heavy atom. The van der Waals surface area contributed by atoms with E-state index < -0.39 is 16.1 Å². The zero-order valence-electron chi connectivity index (χ0n) is 15.3. The van der Waals surface area contributed by atoms with Crippen LogP contribution in [-0.2, 0) is 10.0 Å². The molecule has 1 aliphatic rings. The van der Waals surface area contributed by atoms with Crippen molar-refractivity contribution in [2.75, 3.05) is 13.1 Å². The molecule has 0 unspecified atom stereocenters. The number of nitrogens with one attached hydrogen (secondary N) is 1. The minimum Gasteiger partial charge on any atom is -0.324 e. The fourth-order valence-electron chi connectivity index (χ4n) is 3.36. The van der Waals surface area contributed by atoms with Crippen LogP contribution in [0.5, 0.6) is 0 Å². The number of amides is 2. The molecule has 1 fully saturated rings. The predicted molar refractivity (Wildman–Crippen MR) is 108 cm³/mol. The Labute approximate surface area is 160 Å². The Kier molecular flexibility index (Phi) is 5.96. The lowest BCUT2D eigenvalue weighted by atomic mass is 9.90. The van der Waals surface area contributed by atoms with E-state index in [2.05, 4.69) is 16.9 Å². The second kappa shape index (κ2) is 8.39. The maximum atomic E-state index is 12.4. The number of hydrogen-bond donors (Lipinski definition) is 1. The standard InChI is InChI=1S/C21H24N2O3S/c1-17(18-8-4-2-5-9-18)16-27(25,26)22-21(24)23-14-12-20(13-15-23)19-10-6-3-7-11-19/h2-11,16,20H,12-15H2,1H3,(H,22,24). The van der Waals surface area contributed by atoms with Gasteiger partial charge in [-0.25, -0.2) is 17.9 Å². The van der Waals surface area contributed by atoms with Crippen molar-refractivity contribution >= 4 is 21.6 Å². The summed E-state index contributed by atoms with van der Waals surface area (Å²) in [5.74, 6) is 0.409. The number of rotatable bonds is 4. The van der Waals surface area contributed by atoms with Gasteiger partial charge in [0.1, 0.15) is 0 Å². The lowest BCUT2D eigenvalue weighted by Gasteiger charge is -2.32. The molecule has 1 saturated heterocycles. The van der Waals surface area contributed by atoms with Gasteiger partial charge in [-0.05, 0) is 42.4 Å². The van der Waals surface area contributed by atoms with Crippen LogP contribution in [0.2, 0.25) is 0 Å². The van der Waals surface area contributed by atoms with Crippen LogP contribution in [0.15, 0.2) is 66.1 Å². The number of carbonyl (C=O) groups excluding carboxylic acids is 1. The first-order valence-corrected chi connectivity index (χ1v) is 10.6. The molecular weight excluding hydrogens is 360 g/mol. The first-order chi connectivity index (χ1) is 12.9. The Hall–Kier alpha value is -2.60. The summed E-state index contributed by atoms with van der Waals surface area (Å²) >= 11 is 0. The fourth-order valence-corrected chi connectivity index (χ4v) is 4.39. The van der Waals surface area contributed by atoms with Gasteiger partial charge in [0.15, 0.2) is 0 Å². The molecule has 2 aromatic carbocycles. The molecule has 0 saturated carbocycles. The maximum Gasteiger partial charge on any atom is 0.331 e. The third-order valence-corrected chi connectivity index (χ3v) is 5.97. The van der Waals surface area contributed by atoms with Crippen molar-refractivity contribution in [2.24, 2.45) is 0 Å². The number of carbonyl (C=O) groups is 1. The van der Waals surface area contributed by atoms with Crippen LogP contribution >= 0.6 is 0 Å². The van der Waals surface area contributed by atoms with Crippen molar-refractivity contribution < 1.29 is 13.2 Å². The van der Waals surface area contributed by atoms with Gasteiger partial charge in [0.2, 0.25) is 0 Å². The summed E-state index contributed by atoms with van der Waals surface area (Å²) in [7, 11) is -3.85. The monoisotopic (exact) mass is 384 g/mol. The highest BCUT2D eigenvalue weighted by atomic mass is 32.2. The van der Waals surface area contributed by atoms with E-state index in [1.807, 2.05) is 48.5 Å². The van der Waals surface area contributed by atoms with E-state index in [4.69, 9.17) is 0 Å². The van der Waals surface area contributed by atoms with Gasteiger partial charge in [0.25, 0.3) is 10.0 Å². The summed E-state index contributed by atoms with van der Waals surface area (Å²) in [6, 6.07) is 18.9. The number of likely N-dealkylation sites (tertiary alicyclic amines) is 1. The molecule has 142 valence electrons. The quantitative estimate of drug-likeness (QED) is 0.867. The first-order valence-electron chi connectivity index (χ1n) is 9.05. The Morgan fingerprint density at radius 3 is 2.15 bits per heavy atom. The van der Waals surface area contributed by atoms with E-state index >= 15 is 0 Å². The third-order valence-electron chi connectivity index (χ3n) is 4.84. The van der Waals surface area contributed by atoms with E-state index in [9.17, 15) is 13.2 Å². The summed E-state index contributed by atoms with van der Waals surface area (Å²) in [6.45, 7) is 2.80. The van der Waals surface area contributed by atoms with Crippen molar-refractivity contribution in [3.05, 3.63) is 77.2 Å². The van der Waals surface area contributed by atoms with Crippen molar-refractivity contribution in [1.82, 2.24) is 9.62 Å². The van der Waals surface area contributed by atoms with E-state index in [-0.39, 0.29) is 0 Å². The molecule has 1 N–H and O–H groups in total. The molecule has 1 aliphatic heterocycles. The minimum atomic E-state index is -3.85. The Balaban J connectivity index is 1.59. The van der Waals surface area contributed by atoms with Crippen LogP contribution in [-0.4, -0.2) is 32.4 Å².